The van der Waals surface area contributed by atoms with E-state index in [9.17, 15) is 9.59 Å². The molecule has 7 heteroatoms. The predicted molar refractivity (Wildman–Crippen MR) is 71.0 cm³/mol. The number of aromatic nitrogens is 2. The van der Waals surface area contributed by atoms with Crippen LogP contribution in [0.3, 0.4) is 0 Å². The molecular weight excluding hydrogens is 324 g/mol. The average molecular weight is 332 g/mol. The van der Waals surface area contributed by atoms with Crippen molar-refractivity contribution >= 4 is 33.7 Å². The molecule has 0 aliphatic heterocycles. The maximum absolute atomic E-state index is 11.2. The van der Waals surface area contributed by atoms with E-state index in [2.05, 4.69) is 9.97 Å². The van der Waals surface area contributed by atoms with Crippen LogP contribution in [0.1, 0.15) is 20.8 Å². The van der Waals surface area contributed by atoms with Gasteiger partial charge in [-0.15, -0.1) is 0 Å². The predicted octanol–water partition coefficient (Wildman–Crippen LogP) is 2.18. The van der Waals surface area contributed by atoms with Gasteiger partial charge in [0.2, 0.25) is 0 Å². The van der Waals surface area contributed by atoms with Crippen molar-refractivity contribution < 1.29 is 36.9 Å². The Hall–Kier alpha value is -2.50. The van der Waals surface area contributed by atoms with Crippen LogP contribution in [-0.2, 0) is 17.1 Å². The van der Waals surface area contributed by atoms with Gasteiger partial charge >= 0.3 is 11.9 Å². The Morgan fingerprint density at radius 3 is 2.33 bits per heavy atom. The van der Waals surface area contributed by atoms with Crippen molar-refractivity contribution in [2.75, 3.05) is 0 Å². The maximum atomic E-state index is 11.2. The van der Waals surface area contributed by atoms with Crippen LogP contribution in [0.5, 0.6) is 0 Å². The molecule has 1 radical (unpaired) electrons. The monoisotopic (exact) mass is 331 g/mol. The molecule has 1 aromatic carbocycles. The number of benzene rings is 1. The van der Waals surface area contributed by atoms with E-state index in [0.717, 1.165) is 5.39 Å². The fourth-order valence-corrected chi connectivity index (χ4v) is 2.10. The zero-order chi connectivity index (χ0) is 14.3. The smallest absolute Gasteiger partial charge is 0.355 e. The molecule has 21 heavy (non-hydrogen) atoms. The van der Waals surface area contributed by atoms with Gasteiger partial charge in [0.05, 0.1) is 16.6 Å². The molecule has 6 nitrogen and oxygen atoms in total. The summed E-state index contributed by atoms with van der Waals surface area (Å²) in [5.74, 6) is -2.70. The molecule has 2 aromatic heterocycles. The van der Waals surface area contributed by atoms with Crippen LogP contribution in [0, 0.1) is 0 Å². The standard InChI is InChI=1S/C14H8N2O4.Cu/c17-13(18)9-6-8-4-3-7-2-1-5-15-10(7)11(8)16-12(9)14(19)20;/h1-6H,(H,17,18)(H,19,20);. The average Bonchev–Trinajstić information content (AvgIpc) is 2.45. The Labute approximate surface area is 128 Å². The third-order valence-electron chi connectivity index (χ3n) is 2.99. The van der Waals surface area contributed by atoms with Crippen LogP contribution in [-0.4, -0.2) is 32.1 Å². The number of carboxylic acid groups (broad SMARTS) is 2. The number of fused-ring (bicyclic) bond motifs is 3. The third-order valence-corrected chi connectivity index (χ3v) is 2.99. The van der Waals surface area contributed by atoms with Gasteiger partial charge in [-0.1, -0.05) is 18.2 Å². The van der Waals surface area contributed by atoms with Crippen LogP contribution >= 0.6 is 0 Å². The summed E-state index contributed by atoms with van der Waals surface area (Å²) in [4.78, 5) is 30.4. The van der Waals surface area contributed by atoms with E-state index in [-0.39, 0.29) is 22.6 Å². The second kappa shape index (κ2) is 5.47. The normalized spacial score (nSPS) is 10.3. The van der Waals surface area contributed by atoms with Gasteiger partial charge in [-0.3, -0.25) is 4.98 Å². The van der Waals surface area contributed by atoms with E-state index >= 15 is 0 Å². The molecule has 0 bridgehead atoms. The first-order valence-electron chi connectivity index (χ1n) is 5.73. The van der Waals surface area contributed by atoms with Crippen LogP contribution in [0.4, 0.5) is 0 Å². The fourth-order valence-electron chi connectivity index (χ4n) is 2.10. The minimum atomic E-state index is -1.38. The summed E-state index contributed by atoms with van der Waals surface area (Å²) in [6, 6.07) is 8.39. The summed E-state index contributed by atoms with van der Waals surface area (Å²) in [7, 11) is 0. The Bertz CT molecular complexity index is 879. The topological polar surface area (TPSA) is 100 Å². The Kier molecular flexibility index (Phi) is 3.88. The molecular formula is C14H8CuN2O4. The van der Waals surface area contributed by atoms with Gasteiger partial charge in [0.15, 0.2) is 5.69 Å². The van der Waals surface area contributed by atoms with E-state index in [1.54, 1.807) is 24.4 Å². The molecule has 2 heterocycles. The first-order valence-corrected chi connectivity index (χ1v) is 5.73. The Morgan fingerprint density at radius 1 is 0.952 bits per heavy atom. The van der Waals surface area contributed by atoms with Gasteiger partial charge in [0, 0.05) is 34.0 Å². The summed E-state index contributed by atoms with van der Waals surface area (Å²) in [5.41, 5.74) is 0.110. The van der Waals surface area contributed by atoms with Crippen molar-refractivity contribution in [2.24, 2.45) is 0 Å². The summed E-state index contributed by atoms with van der Waals surface area (Å²) < 4.78 is 0. The van der Waals surface area contributed by atoms with Gasteiger partial charge in [-0.2, -0.15) is 0 Å². The number of carbonyl (C=O) groups is 2. The first-order chi connectivity index (χ1) is 9.58. The number of hydrogen-bond acceptors (Lipinski definition) is 4. The van der Waals surface area contributed by atoms with E-state index in [1.165, 1.54) is 6.07 Å². The minimum Gasteiger partial charge on any atom is -0.478 e. The summed E-state index contributed by atoms with van der Waals surface area (Å²) in [6.07, 6.45) is 1.58. The van der Waals surface area contributed by atoms with Crippen LogP contribution in [0.25, 0.3) is 21.8 Å². The summed E-state index contributed by atoms with van der Waals surface area (Å²) >= 11 is 0. The maximum Gasteiger partial charge on any atom is 0.355 e. The Morgan fingerprint density at radius 2 is 1.67 bits per heavy atom. The van der Waals surface area contributed by atoms with E-state index in [4.69, 9.17) is 10.2 Å². The molecule has 0 atom stereocenters. The van der Waals surface area contributed by atoms with E-state index in [0.29, 0.717) is 16.4 Å². The summed E-state index contributed by atoms with van der Waals surface area (Å²) in [5, 5.41) is 19.5. The molecule has 3 rings (SSSR count). The van der Waals surface area contributed by atoms with Crippen LogP contribution < -0.4 is 0 Å². The molecule has 0 unspecified atom stereocenters. The SMILES string of the molecule is O=C(O)c1cc2ccc3cccnc3c2nc1C(=O)O.[Cu]. The Balaban J connectivity index is 0.00000161. The second-order valence-corrected chi connectivity index (χ2v) is 4.21. The van der Waals surface area contributed by atoms with Crippen molar-refractivity contribution in [1.82, 2.24) is 9.97 Å². The quantitative estimate of drug-likeness (QED) is 0.551. The molecule has 0 saturated heterocycles. The molecule has 0 aliphatic rings. The molecule has 0 fully saturated rings. The van der Waals surface area contributed by atoms with Gasteiger partial charge in [-0.05, 0) is 12.1 Å². The number of hydrogen-bond donors (Lipinski definition) is 2. The van der Waals surface area contributed by atoms with Crippen molar-refractivity contribution in [2.45, 2.75) is 0 Å². The molecule has 0 saturated carbocycles. The number of pyridine rings is 2. The van der Waals surface area contributed by atoms with Gasteiger partial charge in [-0.25, -0.2) is 14.6 Å². The van der Waals surface area contributed by atoms with Gasteiger partial charge in [0.1, 0.15) is 0 Å². The number of aromatic carboxylic acids is 2. The van der Waals surface area contributed by atoms with Crippen LogP contribution in [0.15, 0.2) is 36.5 Å². The van der Waals surface area contributed by atoms with Crippen LogP contribution in [0.2, 0.25) is 0 Å². The molecule has 0 spiro atoms. The van der Waals surface area contributed by atoms with Gasteiger partial charge in [0.25, 0.3) is 0 Å². The van der Waals surface area contributed by atoms with E-state index in [1.807, 2.05) is 6.07 Å². The molecule has 0 amide bonds. The van der Waals surface area contributed by atoms with Crippen molar-refractivity contribution in [1.29, 1.82) is 0 Å². The first kappa shape index (κ1) is 14.9. The van der Waals surface area contributed by atoms with Crippen molar-refractivity contribution in [3.05, 3.63) is 47.8 Å². The zero-order valence-electron chi connectivity index (χ0n) is 10.4. The number of rotatable bonds is 2. The summed E-state index contributed by atoms with van der Waals surface area (Å²) in [6.45, 7) is 0. The van der Waals surface area contributed by atoms with Crippen molar-refractivity contribution in [3.63, 3.8) is 0 Å². The molecule has 3 aromatic rings. The zero-order valence-corrected chi connectivity index (χ0v) is 11.3. The third kappa shape index (κ3) is 2.44. The van der Waals surface area contributed by atoms with Gasteiger partial charge < -0.3 is 10.2 Å². The second-order valence-electron chi connectivity index (χ2n) is 4.21. The number of carboxylic acids is 2. The fraction of sp³-hybridized carbons (Fsp3) is 0. The molecule has 2 N–H and O–H groups in total. The number of nitrogens with zero attached hydrogens (tertiary/aromatic N) is 2. The minimum absolute atomic E-state index is 0. The van der Waals surface area contributed by atoms with Crippen molar-refractivity contribution in [3.8, 4) is 0 Å². The molecule has 0 aliphatic carbocycles. The van der Waals surface area contributed by atoms with E-state index < -0.39 is 17.6 Å². The molecule has 109 valence electrons. The largest absolute Gasteiger partial charge is 0.478 e.